The van der Waals surface area contributed by atoms with Crippen molar-refractivity contribution in [2.24, 2.45) is 0 Å². The molecule has 0 atom stereocenters. The molecule has 1 rings (SSSR count). The molecule has 0 aliphatic rings. The van der Waals surface area contributed by atoms with Gasteiger partial charge >= 0.3 is 10.3 Å². The molecule has 1 aromatic heterocycles. The van der Waals surface area contributed by atoms with E-state index in [1.807, 2.05) is 32.4 Å². The Morgan fingerprint density at radius 2 is 2.11 bits per heavy atom. The van der Waals surface area contributed by atoms with Gasteiger partial charge in [-0.05, 0) is 20.1 Å². The summed E-state index contributed by atoms with van der Waals surface area (Å²) in [5, 5.41) is 0. The van der Waals surface area contributed by atoms with Crippen LogP contribution in [-0.2, 0) is 0 Å². The van der Waals surface area contributed by atoms with E-state index in [-0.39, 0.29) is 0 Å². The molecule has 0 unspecified atom stereocenters. The highest BCUT2D eigenvalue weighted by molar-refractivity contribution is 8.02. The summed E-state index contributed by atoms with van der Waals surface area (Å²) in [6.45, 7) is 4.37. The smallest absolute Gasteiger partial charge is 0.0663 e. The average molecular weight is 177 g/mol. The van der Waals surface area contributed by atoms with Gasteiger partial charge in [-0.25, -0.2) is 0 Å². The van der Waals surface area contributed by atoms with E-state index >= 15 is 0 Å². The molecule has 0 N–H and O–H groups in total. The Kier molecular flexibility index (Phi) is 2.50. The molecule has 0 saturated heterocycles. The Bertz CT molecular complexity index is 202. The fraction of sp³-hybridized carbons (Fsp3) is 0.500. The monoisotopic (exact) mass is 177 g/mol. The average Bonchev–Trinajstić information content (AvgIpc) is 2.15. The highest BCUT2D eigenvalue weighted by atomic mass is 32.9. The lowest BCUT2D eigenvalue weighted by Crippen LogP contribution is -1.69. The van der Waals surface area contributed by atoms with Crippen molar-refractivity contribution in [3.63, 3.8) is 0 Å². The normalized spacial score (nSPS) is 10.1. The zero-order valence-corrected chi connectivity index (χ0v) is 8.17. The van der Waals surface area contributed by atoms with Gasteiger partial charge in [0.15, 0.2) is 10.3 Å². The summed E-state index contributed by atoms with van der Waals surface area (Å²) in [6.07, 6.45) is 2.13. The Morgan fingerprint density at radius 3 is 2.33 bits per heavy atom. The third kappa shape index (κ3) is 1.45. The molecule has 1 aromatic rings. The van der Waals surface area contributed by atoms with Crippen LogP contribution >= 0.6 is 32.4 Å². The van der Waals surface area contributed by atoms with Crippen molar-refractivity contribution < 1.29 is 0 Å². The number of hydrogen-bond donors (Lipinski definition) is 0. The molecule has 3 heteroatoms. The summed E-state index contributed by atoms with van der Waals surface area (Å²) in [5.41, 5.74) is 1.47. The van der Waals surface area contributed by atoms with Crippen LogP contribution in [0.4, 0.5) is 0 Å². The molecule has 0 aliphatic heterocycles. The molecular formula is C6H9S3+. The second-order valence-electron chi connectivity index (χ2n) is 1.84. The number of thioether (sulfide) groups is 1. The number of hydrogen-bond acceptors (Lipinski definition) is 2. The molecule has 0 saturated carbocycles. The van der Waals surface area contributed by atoms with Crippen LogP contribution in [0.3, 0.4) is 0 Å². The largest absolute Gasteiger partial charge is 0.307 e. The van der Waals surface area contributed by atoms with Gasteiger partial charge in [0.05, 0.1) is 4.88 Å². The summed E-state index contributed by atoms with van der Waals surface area (Å²) in [4.78, 5) is 1.46. The molecule has 9 heavy (non-hydrogen) atoms. The predicted molar refractivity (Wildman–Crippen MR) is 47.9 cm³/mol. The number of aryl methyl sites for hydroxylation is 1. The zero-order valence-electron chi connectivity index (χ0n) is 5.72. The van der Waals surface area contributed by atoms with E-state index in [1.165, 1.54) is 14.6 Å². The van der Waals surface area contributed by atoms with Crippen molar-refractivity contribution in [3.8, 4) is 0 Å². The lowest BCUT2D eigenvalue weighted by atomic mass is 10.3. The van der Waals surface area contributed by atoms with Crippen LogP contribution in [0.15, 0.2) is 4.21 Å². The predicted octanol–water partition coefficient (Wildman–Crippen LogP) is 3.43. The molecule has 0 aromatic carbocycles. The minimum absolute atomic E-state index is 1.46. The van der Waals surface area contributed by atoms with Crippen LogP contribution in [0.2, 0.25) is 0 Å². The zero-order chi connectivity index (χ0) is 6.85. The first kappa shape index (κ1) is 7.51. The summed E-state index contributed by atoms with van der Waals surface area (Å²) >= 11 is 1.85. The van der Waals surface area contributed by atoms with Crippen molar-refractivity contribution in [2.75, 3.05) is 6.26 Å². The highest BCUT2D eigenvalue weighted by Crippen LogP contribution is 2.33. The molecular weight excluding hydrogens is 168 g/mol. The van der Waals surface area contributed by atoms with Gasteiger partial charge in [0.1, 0.15) is 0 Å². The fourth-order valence-electron chi connectivity index (χ4n) is 0.556. The van der Waals surface area contributed by atoms with Crippen LogP contribution in [-0.4, -0.2) is 6.26 Å². The van der Waals surface area contributed by atoms with E-state index in [2.05, 4.69) is 20.1 Å². The van der Waals surface area contributed by atoms with E-state index in [4.69, 9.17) is 0 Å². The van der Waals surface area contributed by atoms with E-state index in [1.54, 1.807) is 0 Å². The van der Waals surface area contributed by atoms with Crippen LogP contribution < -0.4 is 0 Å². The van der Waals surface area contributed by atoms with Crippen molar-refractivity contribution in [2.45, 2.75) is 18.1 Å². The maximum Gasteiger partial charge on any atom is 0.307 e. The van der Waals surface area contributed by atoms with Gasteiger partial charge in [0.2, 0.25) is 0 Å². The first-order valence-electron chi connectivity index (χ1n) is 2.69. The molecule has 0 fully saturated rings. The quantitative estimate of drug-likeness (QED) is 0.360. The highest BCUT2D eigenvalue weighted by Gasteiger charge is 2.15. The molecule has 0 bridgehead atoms. The third-order valence-corrected chi connectivity index (χ3v) is 5.60. The Labute approximate surface area is 67.3 Å². The van der Waals surface area contributed by atoms with E-state index in [0.717, 1.165) is 0 Å². The van der Waals surface area contributed by atoms with Crippen LogP contribution in [0, 0.1) is 13.8 Å². The molecule has 0 aliphatic carbocycles. The standard InChI is InChI=1S/C6H9S3/c1-4-5(2)8-9-6(4)7-3/h1-3H3/q+1. The summed E-state index contributed by atoms with van der Waals surface area (Å²) in [6, 6.07) is 0. The third-order valence-electron chi connectivity index (χ3n) is 1.26. The van der Waals surface area contributed by atoms with E-state index in [9.17, 15) is 0 Å². The molecule has 0 nitrogen and oxygen atoms in total. The van der Waals surface area contributed by atoms with Crippen LogP contribution in [0.1, 0.15) is 10.4 Å². The van der Waals surface area contributed by atoms with Crippen LogP contribution in [0.5, 0.6) is 0 Å². The Balaban J connectivity index is 3.04. The molecule has 0 radical (unpaired) electrons. The minimum atomic E-state index is 1.46. The maximum absolute atomic E-state index is 2.19. The van der Waals surface area contributed by atoms with Gasteiger partial charge in [-0.2, -0.15) is 0 Å². The lowest BCUT2D eigenvalue weighted by molar-refractivity contribution is 1.36. The van der Waals surface area contributed by atoms with Crippen molar-refractivity contribution in [1.29, 1.82) is 0 Å². The minimum Gasteiger partial charge on any atom is -0.0663 e. The summed E-state index contributed by atoms with van der Waals surface area (Å²) in [5.74, 6) is 0. The summed E-state index contributed by atoms with van der Waals surface area (Å²) in [7, 11) is 3.76. The second-order valence-corrected chi connectivity index (χ2v) is 5.27. The molecule has 0 spiro atoms. The van der Waals surface area contributed by atoms with Gasteiger partial charge in [0.25, 0.3) is 4.21 Å². The Morgan fingerprint density at radius 1 is 1.44 bits per heavy atom. The first-order chi connectivity index (χ1) is 4.25. The van der Waals surface area contributed by atoms with E-state index in [0.29, 0.717) is 0 Å². The van der Waals surface area contributed by atoms with Gasteiger partial charge in [-0.15, -0.1) is 0 Å². The topological polar surface area (TPSA) is 0 Å². The molecule has 50 valence electrons. The van der Waals surface area contributed by atoms with Crippen molar-refractivity contribution >= 4 is 32.4 Å². The second kappa shape index (κ2) is 2.99. The lowest BCUT2D eigenvalue weighted by Gasteiger charge is -1.80. The van der Waals surface area contributed by atoms with Crippen molar-refractivity contribution in [1.82, 2.24) is 0 Å². The van der Waals surface area contributed by atoms with Crippen LogP contribution in [0.25, 0.3) is 0 Å². The SMILES string of the molecule is CSc1[s+]sc(C)c1C. The van der Waals surface area contributed by atoms with Gasteiger partial charge in [-0.1, -0.05) is 11.8 Å². The van der Waals surface area contributed by atoms with E-state index < -0.39 is 0 Å². The number of rotatable bonds is 1. The van der Waals surface area contributed by atoms with Gasteiger partial charge in [-0.3, -0.25) is 0 Å². The van der Waals surface area contributed by atoms with Gasteiger partial charge in [0, 0.05) is 5.56 Å². The Hall–Kier alpha value is 0.400. The van der Waals surface area contributed by atoms with Gasteiger partial charge < -0.3 is 0 Å². The van der Waals surface area contributed by atoms with Crippen molar-refractivity contribution in [3.05, 3.63) is 10.4 Å². The fourth-order valence-corrected chi connectivity index (χ4v) is 4.39. The summed E-state index contributed by atoms with van der Waals surface area (Å²) < 4.78 is 1.47. The molecule has 0 amide bonds. The molecule has 1 heterocycles. The first-order valence-corrected chi connectivity index (χ1v) is 6.06. The maximum atomic E-state index is 2.19.